The van der Waals surface area contributed by atoms with E-state index in [9.17, 15) is 5.11 Å². The van der Waals surface area contributed by atoms with E-state index in [-0.39, 0.29) is 11.6 Å². The highest BCUT2D eigenvalue weighted by atomic mass is 16.3. The molecule has 0 aromatic rings. The second kappa shape index (κ2) is 7.29. The molecule has 0 aromatic carbocycles. The molecule has 98 valence electrons. The van der Waals surface area contributed by atoms with Crippen LogP contribution in [0.1, 0.15) is 60.8 Å². The summed E-state index contributed by atoms with van der Waals surface area (Å²) in [6, 6.07) is 0. The third-order valence-electron chi connectivity index (χ3n) is 4.10. The minimum atomic E-state index is -0.256. The average molecular weight is 229 g/mol. The van der Waals surface area contributed by atoms with E-state index >= 15 is 0 Å². The van der Waals surface area contributed by atoms with E-state index < -0.39 is 0 Å². The minimum absolute atomic E-state index is 0.0975. The summed E-state index contributed by atoms with van der Waals surface area (Å²) in [5, 5.41) is 14.1. The zero-order valence-electron chi connectivity index (χ0n) is 12.0. The van der Waals surface area contributed by atoms with Gasteiger partial charge in [-0.15, -0.1) is 0 Å². The molecule has 0 spiro atoms. The van der Waals surface area contributed by atoms with Gasteiger partial charge in [-0.3, -0.25) is 0 Å². The SMILES string of the molecule is CCCNC(CC)(CC)C(O)[C@H](C)C(C)C. The fraction of sp³-hybridized carbons (Fsp3) is 1.00. The Hall–Kier alpha value is -0.0800. The Balaban J connectivity index is 4.72. The van der Waals surface area contributed by atoms with Crippen LogP contribution in [0.15, 0.2) is 0 Å². The lowest BCUT2D eigenvalue weighted by Gasteiger charge is -2.42. The molecule has 0 bridgehead atoms. The molecular formula is C14H31NO. The Labute approximate surface area is 102 Å². The van der Waals surface area contributed by atoms with Crippen molar-refractivity contribution in [1.82, 2.24) is 5.32 Å². The van der Waals surface area contributed by atoms with Crippen molar-refractivity contribution in [2.75, 3.05) is 6.54 Å². The molecule has 0 heterocycles. The normalized spacial score (nSPS) is 16.5. The van der Waals surface area contributed by atoms with Crippen molar-refractivity contribution in [3.05, 3.63) is 0 Å². The van der Waals surface area contributed by atoms with Crippen LogP contribution in [-0.4, -0.2) is 23.3 Å². The first-order valence-electron chi connectivity index (χ1n) is 6.88. The maximum atomic E-state index is 10.6. The van der Waals surface area contributed by atoms with E-state index in [0.717, 1.165) is 25.8 Å². The Kier molecular flexibility index (Phi) is 7.25. The maximum absolute atomic E-state index is 10.6. The van der Waals surface area contributed by atoms with Crippen LogP contribution in [0.25, 0.3) is 0 Å². The lowest BCUT2D eigenvalue weighted by molar-refractivity contribution is -0.00265. The van der Waals surface area contributed by atoms with Crippen molar-refractivity contribution in [2.45, 2.75) is 72.4 Å². The van der Waals surface area contributed by atoms with Crippen LogP contribution in [0.3, 0.4) is 0 Å². The van der Waals surface area contributed by atoms with Gasteiger partial charge >= 0.3 is 0 Å². The molecule has 2 N–H and O–H groups in total. The first-order chi connectivity index (χ1) is 7.45. The Morgan fingerprint density at radius 1 is 1.06 bits per heavy atom. The number of aliphatic hydroxyl groups is 1. The van der Waals surface area contributed by atoms with Crippen molar-refractivity contribution in [3.63, 3.8) is 0 Å². The van der Waals surface area contributed by atoms with Crippen molar-refractivity contribution in [2.24, 2.45) is 11.8 Å². The van der Waals surface area contributed by atoms with Crippen LogP contribution in [0.2, 0.25) is 0 Å². The molecule has 0 amide bonds. The van der Waals surface area contributed by atoms with E-state index in [1.165, 1.54) is 0 Å². The monoisotopic (exact) mass is 229 g/mol. The highest BCUT2D eigenvalue weighted by molar-refractivity contribution is 4.95. The lowest BCUT2D eigenvalue weighted by Crippen LogP contribution is -2.56. The summed E-state index contributed by atoms with van der Waals surface area (Å²) in [6.45, 7) is 14.0. The van der Waals surface area contributed by atoms with Crippen molar-refractivity contribution in [3.8, 4) is 0 Å². The standard InChI is InChI=1S/C14H31NO/c1-7-10-15-14(8-2,9-3)13(16)12(6)11(4)5/h11-13,15-16H,7-10H2,1-6H3/t12-,13?/m1/s1. The molecule has 2 heteroatoms. The van der Waals surface area contributed by atoms with Gasteiger partial charge in [0.05, 0.1) is 6.10 Å². The van der Waals surface area contributed by atoms with Gasteiger partial charge in [-0.05, 0) is 37.6 Å². The molecule has 0 aliphatic heterocycles. The summed E-state index contributed by atoms with van der Waals surface area (Å²) in [5.41, 5.74) is -0.0975. The summed E-state index contributed by atoms with van der Waals surface area (Å²) in [7, 11) is 0. The molecule has 2 atom stereocenters. The van der Waals surface area contributed by atoms with Gasteiger partial charge in [-0.25, -0.2) is 0 Å². The van der Waals surface area contributed by atoms with Gasteiger partial charge < -0.3 is 10.4 Å². The van der Waals surface area contributed by atoms with Gasteiger partial charge in [-0.2, -0.15) is 0 Å². The molecule has 0 aromatic heterocycles. The molecule has 0 aliphatic carbocycles. The van der Waals surface area contributed by atoms with Crippen molar-refractivity contribution in [1.29, 1.82) is 0 Å². The second-order valence-electron chi connectivity index (χ2n) is 5.34. The predicted molar refractivity (Wildman–Crippen MR) is 71.6 cm³/mol. The van der Waals surface area contributed by atoms with Gasteiger partial charge in [0.1, 0.15) is 0 Å². The third kappa shape index (κ3) is 3.74. The Bertz CT molecular complexity index is 176. The quantitative estimate of drug-likeness (QED) is 0.670. The van der Waals surface area contributed by atoms with Gasteiger partial charge in [-0.1, -0.05) is 41.5 Å². The molecule has 0 saturated carbocycles. The first kappa shape index (κ1) is 15.9. The second-order valence-corrected chi connectivity index (χ2v) is 5.34. The molecule has 0 saturated heterocycles. The van der Waals surface area contributed by atoms with Crippen LogP contribution in [-0.2, 0) is 0 Å². The number of aliphatic hydroxyl groups excluding tert-OH is 1. The van der Waals surface area contributed by atoms with Crippen LogP contribution >= 0.6 is 0 Å². The summed E-state index contributed by atoms with van der Waals surface area (Å²) in [4.78, 5) is 0. The molecule has 0 aliphatic rings. The Morgan fingerprint density at radius 2 is 1.56 bits per heavy atom. The number of hydrogen-bond donors (Lipinski definition) is 2. The molecule has 0 fully saturated rings. The van der Waals surface area contributed by atoms with Crippen molar-refractivity contribution >= 4 is 0 Å². The summed E-state index contributed by atoms with van der Waals surface area (Å²) < 4.78 is 0. The molecule has 16 heavy (non-hydrogen) atoms. The minimum Gasteiger partial charge on any atom is -0.391 e. The number of hydrogen-bond acceptors (Lipinski definition) is 2. The van der Waals surface area contributed by atoms with Gasteiger partial charge in [0.2, 0.25) is 0 Å². The zero-order chi connectivity index (χ0) is 12.8. The smallest absolute Gasteiger partial charge is 0.0749 e. The molecule has 2 nitrogen and oxygen atoms in total. The van der Waals surface area contributed by atoms with Crippen LogP contribution in [0.5, 0.6) is 0 Å². The molecule has 0 radical (unpaired) electrons. The molecule has 1 unspecified atom stereocenters. The van der Waals surface area contributed by atoms with Gasteiger partial charge in [0, 0.05) is 5.54 Å². The van der Waals surface area contributed by atoms with Gasteiger partial charge in [0.25, 0.3) is 0 Å². The fourth-order valence-electron chi connectivity index (χ4n) is 2.26. The van der Waals surface area contributed by atoms with Crippen LogP contribution in [0.4, 0.5) is 0 Å². The number of rotatable bonds is 8. The van der Waals surface area contributed by atoms with E-state index in [1.54, 1.807) is 0 Å². The van der Waals surface area contributed by atoms with E-state index in [2.05, 4.69) is 46.9 Å². The van der Waals surface area contributed by atoms with Crippen molar-refractivity contribution < 1.29 is 5.11 Å². The highest BCUT2D eigenvalue weighted by Crippen LogP contribution is 2.28. The molecular weight excluding hydrogens is 198 g/mol. The fourth-order valence-corrected chi connectivity index (χ4v) is 2.26. The van der Waals surface area contributed by atoms with Crippen LogP contribution < -0.4 is 5.32 Å². The van der Waals surface area contributed by atoms with E-state index in [4.69, 9.17) is 0 Å². The predicted octanol–water partition coefficient (Wildman–Crippen LogP) is 3.20. The van der Waals surface area contributed by atoms with Crippen LogP contribution in [0, 0.1) is 11.8 Å². The zero-order valence-corrected chi connectivity index (χ0v) is 12.0. The van der Waals surface area contributed by atoms with Gasteiger partial charge in [0.15, 0.2) is 0 Å². The largest absolute Gasteiger partial charge is 0.391 e. The number of nitrogens with one attached hydrogen (secondary N) is 1. The summed E-state index contributed by atoms with van der Waals surface area (Å²) in [5.74, 6) is 0.861. The maximum Gasteiger partial charge on any atom is 0.0749 e. The lowest BCUT2D eigenvalue weighted by atomic mass is 9.76. The van der Waals surface area contributed by atoms with E-state index in [1.807, 2.05) is 0 Å². The summed E-state index contributed by atoms with van der Waals surface area (Å²) >= 11 is 0. The van der Waals surface area contributed by atoms with E-state index in [0.29, 0.717) is 11.8 Å². The topological polar surface area (TPSA) is 32.3 Å². The highest BCUT2D eigenvalue weighted by Gasteiger charge is 2.37. The average Bonchev–Trinajstić information content (AvgIpc) is 2.29. The third-order valence-corrected chi connectivity index (χ3v) is 4.10. The summed E-state index contributed by atoms with van der Waals surface area (Å²) in [6.07, 6.45) is 2.84. The Morgan fingerprint density at radius 3 is 1.88 bits per heavy atom. The first-order valence-corrected chi connectivity index (χ1v) is 6.88. The molecule has 0 rings (SSSR count).